The molecule has 0 fully saturated rings. The molecule has 0 amide bonds. The first-order valence-electron chi connectivity index (χ1n) is 6.32. The average Bonchev–Trinajstić information content (AvgIpc) is 2.92. The Balaban J connectivity index is 2.03. The van der Waals surface area contributed by atoms with Gasteiger partial charge in [0.25, 0.3) is 0 Å². The molecule has 0 aliphatic heterocycles. The molecule has 0 aliphatic rings. The number of sulfonamides is 1. The summed E-state index contributed by atoms with van der Waals surface area (Å²) < 4.78 is 25.9. The molecule has 1 heterocycles. The van der Waals surface area contributed by atoms with Crippen molar-refractivity contribution < 1.29 is 8.42 Å². The second-order valence-electron chi connectivity index (χ2n) is 4.78. The molecule has 1 aromatic carbocycles. The van der Waals surface area contributed by atoms with Gasteiger partial charge >= 0.3 is 0 Å². The van der Waals surface area contributed by atoms with E-state index in [1.54, 1.807) is 7.05 Å². The largest absolute Gasteiger partial charge is 0.262 e. The van der Waals surface area contributed by atoms with Crippen LogP contribution in [0.4, 0.5) is 0 Å². The maximum atomic E-state index is 12.3. The van der Waals surface area contributed by atoms with Gasteiger partial charge in [-0.1, -0.05) is 37.3 Å². The highest BCUT2D eigenvalue weighted by atomic mass is 32.2. The van der Waals surface area contributed by atoms with E-state index in [0.717, 1.165) is 5.56 Å². The van der Waals surface area contributed by atoms with Crippen LogP contribution in [0.25, 0.3) is 0 Å². The summed E-state index contributed by atoms with van der Waals surface area (Å²) in [4.78, 5) is 3.93. The van der Waals surface area contributed by atoms with Crippen LogP contribution in [-0.4, -0.2) is 40.7 Å². The van der Waals surface area contributed by atoms with E-state index in [2.05, 4.69) is 15.2 Å². The molecule has 6 nitrogen and oxygen atoms in total. The quantitative estimate of drug-likeness (QED) is 0.872. The van der Waals surface area contributed by atoms with Crippen molar-refractivity contribution in [2.75, 3.05) is 12.8 Å². The van der Waals surface area contributed by atoms with Gasteiger partial charge in [0.1, 0.15) is 12.2 Å². The standard InChI is InChI=1S/C13H18N4O2S/c1-11(12-6-4-3-5-7-12)9-20(18,19)17(2)8-13-14-10-15-16-13/h3-7,10-11H,8-9H2,1-2H3,(H,14,15,16). The number of hydrogen-bond acceptors (Lipinski definition) is 4. The summed E-state index contributed by atoms with van der Waals surface area (Å²) in [5.74, 6) is 0.545. The molecule has 108 valence electrons. The van der Waals surface area contributed by atoms with Crippen LogP contribution in [0.15, 0.2) is 36.7 Å². The molecule has 0 bridgehead atoms. The van der Waals surface area contributed by atoms with Gasteiger partial charge in [0.2, 0.25) is 10.0 Å². The Kier molecular flexibility index (Phi) is 4.51. The van der Waals surface area contributed by atoms with Crippen LogP contribution >= 0.6 is 0 Å². The third-order valence-electron chi connectivity index (χ3n) is 3.14. The lowest BCUT2D eigenvalue weighted by molar-refractivity contribution is 0.454. The lowest BCUT2D eigenvalue weighted by Crippen LogP contribution is -2.31. The normalized spacial score (nSPS) is 13.6. The highest BCUT2D eigenvalue weighted by Crippen LogP contribution is 2.18. The average molecular weight is 294 g/mol. The fourth-order valence-corrected chi connectivity index (χ4v) is 3.33. The highest BCUT2D eigenvalue weighted by Gasteiger charge is 2.22. The van der Waals surface area contributed by atoms with Crippen LogP contribution in [0.2, 0.25) is 0 Å². The van der Waals surface area contributed by atoms with Gasteiger partial charge in [-0.25, -0.2) is 13.4 Å². The van der Waals surface area contributed by atoms with Gasteiger partial charge < -0.3 is 0 Å². The zero-order chi connectivity index (χ0) is 14.6. The van der Waals surface area contributed by atoms with E-state index in [1.807, 2.05) is 37.3 Å². The summed E-state index contributed by atoms with van der Waals surface area (Å²) >= 11 is 0. The van der Waals surface area contributed by atoms with Crippen molar-refractivity contribution >= 4 is 10.0 Å². The first-order chi connectivity index (χ1) is 9.49. The Bertz CT molecular complexity index is 626. The number of nitrogens with zero attached hydrogens (tertiary/aromatic N) is 3. The maximum Gasteiger partial charge on any atom is 0.214 e. The molecule has 1 atom stereocenters. The van der Waals surface area contributed by atoms with Crippen LogP contribution in [0, 0.1) is 0 Å². The summed E-state index contributed by atoms with van der Waals surface area (Å²) in [6.45, 7) is 2.11. The van der Waals surface area contributed by atoms with Gasteiger partial charge in [-0.3, -0.25) is 5.10 Å². The smallest absolute Gasteiger partial charge is 0.214 e. The summed E-state index contributed by atoms with van der Waals surface area (Å²) in [6.07, 6.45) is 1.36. The van der Waals surface area contributed by atoms with Gasteiger partial charge in [-0.2, -0.15) is 9.40 Å². The second kappa shape index (κ2) is 6.15. The van der Waals surface area contributed by atoms with Gasteiger partial charge in [0.15, 0.2) is 0 Å². The van der Waals surface area contributed by atoms with Crippen molar-refractivity contribution in [1.82, 2.24) is 19.5 Å². The molecule has 0 saturated carbocycles. The second-order valence-corrected chi connectivity index (χ2v) is 6.90. The van der Waals surface area contributed by atoms with Gasteiger partial charge in [0, 0.05) is 7.05 Å². The van der Waals surface area contributed by atoms with Crippen molar-refractivity contribution in [2.24, 2.45) is 0 Å². The van der Waals surface area contributed by atoms with Gasteiger partial charge in [0.05, 0.1) is 12.3 Å². The molecule has 1 unspecified atom stereocenters. The molecule has 1 aromatic heterocycles. The molecule has 0 saturated heterocycles. The molecule has 0 radical (unpaired) electrons. The lowest BCUT2D eigenvalue weighted by Gasteiger charge is -2.19. The van der Waals surface area contributed by atoms with E-state index in [-0.39, 0.29) is 18.2 Å². The van der Waals surface area contributed by atoms with Crippen LogP contribution in [0.5, 0.6) is 0 Å². The van der Waals surface area contributed by atoms with Crippen LogP contribution in [-0.2, 0) is 16.6 Å². The summed E-state index contributed by atoms with van der Waals surface area (Å²) in [5, 5.41) is 6.37. The minimum atomic E-state index is -3.34. The Labute approximate surface area is 118 Å². The monoisotopic (exact) mass is 294 g/mol. The number of aromatic amines is 1. The molecule has 0 aliphatic carbocycles. The van der Waals surface area contributed by atoms with Crippen molar-refractivity contribution in [1.29, 1.82) is 0 Å². The first kappa shape index (κ1) is 14.7. The zero-order valence-corrected chi connectivity index (χ0v) is 12.3. The summed E-state index contributed by atoms with van der Waals surface area (Å²) in [7, 11) is -1.79. The Morgan fingerprint density at radius 1 is 1.30 bits per heavy atom. The van der Waals surface area contributed by atoms with Crippen LogP contribution in [0.3, 0.4) is 0 Å². The number of hydrogen-bond donors (Lipinski definition) is 1. The predicted octanol–water partition coefficient (Wildman–Crippen LogP) is 1.37. The van der Waals surface area contributed by atoms with Gasteiger partial charge in [-0.05, 0) is 11.5 Å². The number of benzene rings is 1. The third-order valence-corrected chi connectivity index (χ3v) is 5.14. The summed E-state index contributed by atoms with van der Waals surface area (Å²) in [5.41, 5.74) is 1.02. The van der Waals surface area contributed by atoms with E-state index in [4.69, 9.17) is 0 Å². The SMILES string of the molecule is CC(CS(=O)(=O)N(C)Cc1ncn[nH]1)c1ccccc1. The molecule has 0 spiro atoms. The van der Waals surface area contributed by atoms with Crippen LogP contribution in [0.1, 0.15) is 24.2 Å². The van der Waals surface area contributed by atoms with E-state index in [1.165, 1.54) is 10.6 Å². The minimum absolute atomic E-state index is 0.0571. The van der Waals surface area contributed by atoms with Crippen molar-refractivity contribution in [3.05, 3.63) is 48.0 Å². The Morgan fingerprint density at radius 2 is 2.00 bits per heavy atom. The molecular weight excluding hydrogens is 276 g/mol. The first-order valence-corrected chi connectivity index (χ1v) is 7.93. The number of aromatic nitrogens is 3. The Morgan fingerprint density at radius 3 is 2.60 bits per heavy atom. The highest BCUT2D eigenvalue weighted by molar-refractivity contribution is 7.89. The Hall–Kier alpha value is -1.73. The molecule has 7 heteroatoms. The van der Waals surface area contributed by atoms with E-state index < -0.39 is 10.0 Å². The molecule has 20 heavy (non-hydrogen) atoms. The number of H-pyrrole nitrogens is 1. The van der Waals surface area contributed by atoms with Crippen molar-refractivity contribution in [2.45, 2.75) is 19.4 Å². The minimum Gasteiger partial charge on any atom is -0.262 e. The summed E-state index contributed by atoms with van der Waals surface area (Å²) in [6, 6.07) is 9.63. The lowest BCUT2D eigenvalue weighted by atomic mass is 10.0. The predicted molar refractivity (Wildman–Crippen MR) is 76.5 cm³/mol. The molecule has 2 aromatic rings. The molecule has 2 rings (SSSR count). The fourth-order valence-electron chi connectivity index (χ4n) is 1.94. The van der Waals surface area contributed by atoms with Crippen LogP contribution < -0.4 is 0 Å². The topological polar surface area (TPSA) is 79.0 Å². The zero-order valence-electron chi connectivity index (χ0n) is 11.5. The number of rotatable bonds is 6. The van der Waals surface area contributed by atoms with Crippen molar-refractivity contribution in [3.63, 3.8) is 0 Å². The van der Waals surface area contributed by atoms with E-state index in [9.17, 15) is 8.42 Å². The maximum absolute atomic E-state index is 12.3. The molecule has 1 N–H and O–H groups in total. The fraction of sp³-hybridized carbons (Fsp3) is 0.385. The molecular formula is C13H18N4O2S. The van der Waals surface area contributed by atoms with E-state index >= 15 is 0 Å². The van der Waals surface area contributed by atoms with E-state index in [0.29, 0.717) is 5.82 Å². The third kappa shape index (κ3) is 3.64. The number of nitrogens with one attached hydrogen (secondary N) is 1. The van der Waals surface area contributed by atoms with Crippen molar-refractivity contribution in [3.8, 4) is 0 Å². The van der Waals surface area contributed by atoms with Gasteiger partial charge in [-0.15, -0.1) is 0 Å².